The first-order chi connectivity index (χ1) is 16.5. The number of methoxy groups -OCH3 is 1. The molecule has 0 spiro atoms. The Morgan fingerprint density at radius 1 is 1.18 bits per heavy atom. The molecule has 1 fully saturated rings. The fraction of sp³-hybridized carbons (Fsp3) is 0.417. The molecule has 2 aromatic carbocycles. The minimum atomic E-state index is -3.55. The van der Waals surface area contributed by atoms with Crippen LogP contribution in [0.1, 0.15) is 12.8 Å². The summed E-state index contributed by atoms with van der Waals surface area (Å²) in [4.78, 5) is 22.1. The molecule has 1 saturated heterocycles. The Hall–Kier alpha value is -2.53. The number of fused-ring (bicyclic) bond motifs is 1. The Balaban J connectivity index is 1.49. The van der Waals surface area contributed by atoms with Gasteiger partial charge in [-0.25, -0.2) is 13.4 Å². The third-order valence-electron chi connectivity index (χ3n) is 5.76. The third kappa shape index (κ3) is 6.12. The van der Waals surface area contributed by atoms with Crippen molar-refractivity contribution in [3.63, 3.8) is 0 Å². The van der Waals surface area contributed by atoms with Crippen molar-refractivity contribution >= 4 is 42.4 Å². The molecule has 1 aliphatic rings. The summed E-state index contributed by atoms with van der Waals surface area (Å²) in [5.74, 6) is 0.239. The van der Waals surface area contributed by atoms with E-state index in [4.69, 9.17) is 9.47 Å². The van der Waals surface area contributed by atoms with Crippen molar-refractivity contribution in [1.82, 2.24) is 9.88 Å². The minimum Gasteiger partial charge on any atom is -0.497 e. The Kier molecular flexibility index (Phi) is 8.15. The van der Waals surface area contributed by atoms with E-state index < -0.39 is 9.84 Å². The lowest BCUT2D eigenvalue weighted by molar-refractivity contribution is -0.118. The second-order valence-electron chi connectivity index (χ2n) is 8.06. The van der Waals surface area contributed by atoms with Gasteiger partial charge in [-0.15, -0.1) is 0 Å². The zero-order chi connectivity index (χ0) is 24.0. The largest absolute Gasteiger partial charge is 0.497 e. The molecule has 0 unspecified atom stereocenters. The number of anilines is 1. The maximum atomic E-state index is 13.3. The molecule has 4 rings (SSSR count). The number of benzene rings is 2. The van der Waals surface area contributed by atoms with Gasteiger partial charge in [-0.2, -0.15) is 0 Å². The summed E-state index contributed by atoms with van der Waals surface area (Å²) in [6, 6.07) is 13.8. The molecule has 2 heterocycles. The number of sulfone groups is 1. The number of hydrogen-bond donors (Lipinski definition) is 0. The standard InChI is InChI=1S/C24H29N3O5S2/c1-31-19-8-9-21-22(18-19)33-24(25-21)27(12-5-11-26-13-15-32-16-14-26)23(28)10-17-34(29,30)20-6-3-2-4-7-20/h2-4,6-9,18H,5,10-17H2,1H3. The van der Waals surface area contributed by atoms with Crippen molar-refractivity contribution in [1.29, 1.82) is 0 Å². The quantitative estimate of drug-likeness (QED) is 0.420. The van der Waals surface area contributed by atoms with Gasteiger partial charge >= 0.3 is 0 Å². The highest BCUT2D eigenvalue weighted by Gasteiger charge is 2.23. The molecule has 34 heavy (non-hydrogen) atoms. The number of nitrogens with zero attached hydrogens (tertiary/aromatic N) is 3. The minimum absolute atomic E-state index is 0.103. The Morgan fingerprint density at radius 2 is 1.94 bits per heavy atom. The molecular formula is C24H29N3O5S2. The van der Waals surface area contributed by atoms with E-state index in [1.807, 2.05) is 18.2 Å². The van der Waals surface area contributed by atoms with Crippen LogP contribution in [-0.4, -0.2) is 76.5 Å². The fourth-order valence-corrected chi connectivity index (χ4v) is 6.13. The van der Waals surface area contributed by atoms with Crippen molar-refractivity contribution < 1.29 is 22.7 Å². The zero-order valence-electron chi connectivity index (χ0n) is 19.2. The topological polar surface area (TPSA) is 89.0 Å². The highest BCUT2D eigenvalue weighted by atomic mass is 32.2. The second kappa shape index (κ2) is 11.3. The van der Waals surface area contributed by atoms with Gasteiger partial charge < -0.3 is 9.47 Å². The molecule has 1 aromatic heterocycles. The maximum absolute atomic E-state index is 13.3. The molecular weight excluding hydrogens is 474 g/mol. The fourth-order valence-electron chi connectivity index (χ4n) is 3.84. The van der Waals surface area contributed by atoms with Crippen molar-refractivity contribution in [2.45, 2.75) is 17.7 Å². The van der Waals surface area contributed by atoms with E-state index in [2.05, 4.69) is 9.88 Å². The van der Waals surface area contributed by atoms with E-state index in [0.29, 0.717) is 11.7 Å². The van der Waals surface area contributed by atoms with E-state index in [0.717, 1.165) is 55.2 Å². The molecule has 0 aliphatic carbocycles. The van der Waals surface area contributed by atoms with Gasteiger partial charge in [-0.1, -0.05) is 29.5 Å². The van der Waals surface area contributed by atoms with Crippen LogP contribution in [0.3, 0.4) is 0 Å². The second-order valence-corrected chi connectivity index (χ2v) is 11.2. The summed E-state index contributed by atoms with van der Waals surface area (Å²) in [5.41, 5.74) is 0.781. The third-order valence-corrected chi connectivity index (χ3v) is 8.54. The van der Waals surface area contributed by atoms with Crippen LogP contribution in [0.25, 0.3) is 10.2 Å². The zero-order valence-corrected chi connectivity index (χ0v) is 20.8. The molecule has 0 radical (unpaired) electrons. The molecule has 0 atom stereocenters. The number of hydrogen-bond acceptors (Lipinski definition) is 8. The number of aromatic nitrogens is 1. The average Bonchev–Trinajstić information content (AvgIpc) is 3.29. The first-order valence-corrected chi connectivity index (χ1v) is 13.8. The van der Waals surface area contributed by atoms with Gasteiger partial charge in [0.1, 0.15) is 5.75 Å². The van der Waals surface area contributed by atoms with Crippen LogP contribution in [0.15, 0.2) is 53.4 Å². The van der Waals surface area contributed by atoms with Gasteiger partial charge in [0.2, 0.25) is 5.91 Å². The summed E-state index contributed by atoms with van der Waals surface area (Å²) >= 11 is 1.41. The number of morpholine rings is 1. The summed E-state index contributed by atoms with van der Waals surface area (Å²) in [7, 11) is -1.94. The molecule has 1 aliphatic heterocycles. The van der Waals surface area contributed by atoms with Crippen LogP contribution < -0.4 is 9.64 Å². The van der Waals surface area contributed by atoms with Gasteiger partial charge in [0, 0.05) is 32.6 Å². The van der Waals surface area contributed by atoms with Crippen LogP contribution in [0.5, 0.6) is 5.75 Å². The Morgan fingerprint density at radius 3 is 2.68 bits per heavy atom. The van der Waals surface area contributed by atoms with Gasteiger partial charge in [0.15, 0.2) is 15.0 Å². The van der Waals surface area contributed by atoms with Crippen molar-refractivity contribution in [2.75, 3.05) is 57.2 Å². The highest BCUT2D eigenvalue weighted by molar-refractivity contribution is 7.91. The van der Waals surface area contributed by atoms with E-state index in [1.165, 1.54) is 11.3 Å². The molecule has 0 bridgehead atoms. The number of thiazole rings is 1. The first kappa shape index (κ1) is 24.6. The summed E-state index contributed by atoms with van der Waals surface area (Å²) in [5, 5.41) is 0.576. The van der Waals surface area contributed by atoms with Gasteiger partial charge in [-0.05, 0) is 36.8 Å². The van der Waals surface area contributed by atoms with Crippen LogP contribution in [0, 0.1) is 0 Å². The smallest absolute Gasteiger partial charge is 0.229 e. The van der Waals surface area contributed by atoms with Crippen LogP contribution in [-0.2, 0) is 19.4 Å². The normalized spacial score (nSPS) is 14.9. The molecule has 8 nitrogen and oxygen atoms in total. The highest BCUT2D eigenvalue weighted by Crippen LogP contribution is 2.32. The van der Waals surface area contributed by atoms with Crippen LogP contribution >= 0.6 is 11.3 Å². The molecule has 3 aromatic rings. The van der Waals surface area contributed by atoms with Crippen molar-refractivity contribution in [3.05, 3.63) is 48.5 Å². The van der Waals surface area contributed by atoms with Crippen molar-refractivity contribution in [2.24, 2.45) is 0 Å². The number of rotatable bonds is 10. The number of amides is 1. The Labute approximate surface area is 204 Å². The lowest BCUT2D eigenvalue weighted by Gasteiger charge is -2.27. The predicted octanol–water partition coefficient (Wildman–Crippen LogP) is 3.22. The number of ether oxygens (including phenoxy) is 2. The predicted molar refractivity (Wildman–Crippen MR) is 134 cm³/mol. The molecule has 182 valence electrons. The lowest BCUT2D eigenvalue weighted by Crippen LogP contribution is -2.39. The lowest BCUT2D eigenvalue weighted by atomic mass is 10.3. The average molecular weight is 504 g/mol. The molecule has 0 N–H and O–H groups in total. The Bertz CT molecular complexity index is 1210. The van der Waals surface area contributed by atoms with Crippen LogP contribution in [0.2, 0.25) is 0 Å². The molecule has 0 saturated carbocycles. The maximum Gasteiger partial charge on any atom is 0.229 e. The SMILES string of the molecule is COc1ccc2nc(N(CCCN3CCOCC3)C(=O)CCS(=O)(=O)c3ccccc3)sc2c1. The summed E-state index contributed by atoms with van der Waals surface area (Å²) in [6.07, 6.45) is 0.657. The van der Waals surface area contributed by atoms with E-state index >= 15 is 0 Å². The number of carbonyl (C=O) groups is 1. The van der Waals surface area contributed by atoms with Crippen LogP contribution in [0.4, 0.5) is 5.13 Å². The van der Waals surface area contributed by atoms with Gasteiger partial charge in [-0.3, -0.25) is 14.6 Å². The van der Waals surface area contributed by atoms with Crippen molar-refractivity contribution in [3.8, 4) is 5.75 Å². The van der Waals surface area contributed by atoms with E-state index in [-0.39, 0.29) is 23.0 Å². The summed E-state index contributed by atoms with van der Waals surface area (Å²) < 4.78 is 37.0. The van der Waals surface area contributed by atoms with Gasteiger partial charge in [0.25, 0.3) is 0 Å². The monoisotopic (exact) mass is 503 g/mol. The first-order valence-electron chi connectivity index (χ1n) is 11.3. The number of carbonyl (C=O) groups excluding carboxylic acids is 1. The molecule has 10 heteroatoms. The van der Waals surface area contributed by atoms with E-state index in [1.54, 1.807) is 42.3 Å². The van der Waals surface area contributed by atoms with E-state index in [9.17, 15) is 13.2 Å². The summed E-state index contributed by atoms with van der Waals surface area (Å²) in [6.45, 7) is 4.51. The molecule has 1 amide bonds. The van der Waals surface area contributed by atoms with Gasteiger partial charge in [0.05, 0.1) is 41.2 Å².